The first-order valence-corrected chi connectivity index (χ1v) is 9.40. The van der Waals surface area contributed by atoms with E-state index in [1.807, 2.05) is 36.6 Å². The van der Waals surface area contributed by atoms with Gasteiger partial charge in [-0.2, -0.15) is 0 Å². The lowest BCUT2D eigenvalue weighted by Gasteiger charge is -2.12. The largest absolute Gasteiger partial charge is 0.411 e. The van der Waals surface area contributed by atoms with Crippen molar-refractivity contribution < 1.29 is 10.1 Å². The van der Waals surface area contributed by atoms with Crippen molar-refractivity contribution in [1.29, 1.82) is 0 Å². The van der Waals surface area contributed by atoms with E-state index < -0.39 is 4.92 Å². The molecule has 0 bridgehead atoms. The van der Waals surface area contributed by atoms with Crippen LogP contribution < -0.4 is 0 Å². The van der Waals surface area contributed by atoms with Crippen LogP contribution in [0.4, 0.5) is 5.69 Å². The molecule has 1 aromatic carbocycles. The Hall–Kier alpha value is -3.20. The normalized spacial score (nSPS) is 11.4. The zero-order valence-electron chi connectivity index (χ0n) is 15.4. The second-order valence-corrected chi connectivity index (χ2v) is 7.42. The van der Waals surface area contributed by atoms with Gasteiger partial charge in [-0.15, -0.1) is 0 Å². The average Bonchev–Trinajstić information content (AvgIpc) is 3.01. The molecule has 0 fully saturated rings. The maximum Gasteiger partial charge on any atom is 0.270 e. The first-order chi connectivity index (χ1) is 13.5. The zero-order valence-corrected chi connectivity index (χ0v) is 16.2. The van der Waals surface area contributed by atoms with Crippen LogP contribution in [-0.2, 0) is 6.54 Å². The standard InChI is InChI=1S/C19H19N5O3S/c1-13(2)18-19(28-16-5-3-4-15(10-16)24(26)27)23(17(22-18)11-21-25)12-14-6-8-20-9-7-14/h3-11,13,25H,12H2,1-2H3/b21-11+. The summed E-state index contributed by atoms with van der Waals surface area (Å²) in [5.41, 5.74) is 1.88. The monoisotopic (exact) mass is 397 g/mol. The van der Waals surface area contributed by atoms with Gasteiger partial charge < -0.3 is 9.77 Å². The number of hydrogen-bond acceptors (Lipinski definition) is 7. The number of non-ortho nitro benzene ring substituents is 1. The maximum absolute atomic E-state index is 11.1. The van der Waals surface area contributed by atoms with E-state index in [0.29, 0.717) is 12.4 Å². The highest BCUT2D eigenvalue weighted by atomic mass is 32.2. The fourth-order valence-corrected chi connectivity index (χ4v) is 3.91. The van der Waals surface area contributed by atoms with Gasteiger partial charge in [-0.25, -0.2) is 4.98 Å². The van der Waals surface area contributed by atoms with Crippen LogP contribution in [0, 0.1) is 10.1 Å². The van der Waals surface area contributed by atoms with Crippen molar-refractivity contribution in [2.24, 2.45) is 5.16 Å². The van der Waals surface area contributed by atoms with E-state index in [2.05, 4.69) is 15.1 Å². The van der Waals surface area contributed by atoms with Crippen LogP contribution in [0.5, 0.6) is 0 Å². The number of imidazole rings is 1. The molecule has 2 heterocycles. The molecule has 1 N–H and O–H groups in total. The third-order valence-corrected chi connectivity index (χ3v) is 5.14. The number of rotatable bonds is 7. The minimum atomic E-state index is -0.411. The molecule has 2 aromatic heterocycles. The van der Waals surface area contributed by atoms with Crippen molar-refractivity contribution in [2.75, 3.05) is 0 Å². The fourth-order valence-electron chi connectivity index (χ4n) is 2.70. The first kappa shape index (κ1) is 19.6. The second-order valence-electron chi connectivity index (χ2n) is 6.36. The summed E-state index contributed by atoms with van der Waals surface area (Å²) in [5.74, 6) is 0.627. The van der Waals surface area contributed by atoms with E-state index in [9.17, 15) is 10.1 Å². The summed E-state index contributed by atoms with van der Waals surface area (Å²) in [5, 5.41) is 24.2. The summed E-state index contributed by atoms with van der Waals surface area (Å²) in [6.07, 6.45) is 4.72. The van der Waals surface area contributed by atoms with E-state index >= 15 is 0 Å². The lowest BCUT2D eigenvalue weighted by atomic mass is 10.1. The summed E-state index contributed by atoms with van der Waals surface area (Å²) in [6.45, 7) is 4.55. The van der Waals surface area contributed by atoms with E-state index in [1.54, 1.807) is 24.5 Å². The lowest BCUT2D eigenvalue weighted by molar-refractivity contribution is -0.385. The molecule has 0 saturated heterocycles. The molecule has 28 heavy (non-hydrogen) atoms. The van der Waals surface area contributed by atoms with E-state index in [4.69, 9.17) is 5.21 Å². The van der Waals surface area contributed by atoms with Crippen LogP contribution in [0.25, 0.3) is 0 Å². The minimum absolute atomic E-state index is 0.0356. The third kappa shape index (κ3) is 4.37. The molecule has 0 saturated carbocycles. The lowest BCUT2D eigenvalue weighted by Crippen LogP contribution is -2.06. The molecule has 0 aliphatic carbocycles. The van der Waals surface area contributed by atoms with Gasteiger partial charge in [0.05, 0.1) is 17.2 Å². The van der Waals surface area contributed by atoms with Crippen molar-refractivity contribution in [3.63, 3.8) is 0 Å². The molecule has 0 aliphatic rings. The number of hydrogen-bond donors (Lipinski definition) is 1. The van der Waals surface area contributed by atoms with Crippen molar-refractivity contribution in [1.82, 2.24) is 14.5 Å². The number of nitrogens with zero attached hydrogens (tertiary/aromatic N) is 5. The topological polar surface area (TPSA) is 106 Å². The van der Waals surface area contributed by atoms with Gasteiger partial charge in [0.1, 0.15) is 11.2 Å². The van der Waals surface area contributed by atoms with Crippen LogP contribution in [0.15, 0.2) is 63.9 Å². The molecule has 0 spiro atoms. The molecule has 144 valence electrons. The Morgan fingerprint density at radius 3 is 2.71 bits per heavy atom. The van der Waals surface area contributed by atoms with Crippen LogP contribution in [0.3, 0.4) is 0 Å². The van der Waals surface area contributed by atoms with E-state index in [1.165, 1.54) is 24.0 Å². The van der Waals surface area contributed by atoms with Crippen LogP contribution in [0.2, 0.25) is 0 Å². The maximum atomic E-state index is 11.1. The summed E-state index contributed by atoms with van der Waals surface area (Å²) in [6, 6.07) is 10.3. The minimum Gasteiger partial charge on any atom is -0.411 e. The number of aromatic nitrogens is 3. The van der Waals surface area contributed by atoms with Crippen molar-refractivity contribution in [3.8, 4) is 0 Å². The molecule has 3 aromatic rings. The fraction of sp³-hybridized carbons (Fsp3) is 0.211. The number of pyridine rings is 1. The Balaban J connectivity index is 2.09. The molecule has 0 unspecified atom stereocenters. The molecular weight excluding hydrogens is 378 g/mol. The summed E-state index contributed by atoms with van der Waals surface area (Å²) < 4.78 is 1.94. The van der Waals surface area contributed by atoms with Gasteiger partial charge in [-0.1, -0.05) is 36.8 Å². The van der Waals surface area contributed by atoms with Gasteiger partial charge >= 0.3 is 0 Å². The highest BCUT2D eigenvalue weighted by molar-refractivity contribution is 7.99. The van der Waals surface area contributed by atoms with Crippen LogP contribution in [-0.4, -0.2) is 30.9 Å². The predicted octanol–water partition coefficient (Wildman–Crippen LogP) is 4.32. The van der Waals surface area contributed by atoms with Gasteiger partial charge in [0.15, 0.2) is 5.82 Å². The molecule has 9 heteroatoms. The quantitative estimate of drug-likeness (QED) is 0.275. The molecule has 0 aliphatic heterocycles. The van der Waals surface area contributed by atoms with Crippen molar-refractivity contribution in [3.05, 3.63) is 76.0 Å². The number of benzene rings is 1. The summed E-state index contributed by atoms with van der Waals surface area (Å²) in [4.78, 5) is 20.1. The third-order valence-electron chi connectivity index (χ3n) is 4.03. The average molecular weight is 397 g/mol. The Bertz CT molecular complexity index is 1000. The Labute approximate surface area is 166 Å². The Morgan fingerprint density at radius 2 is 2.07 bits per heavy atom. The number of nitro groups is 1. The molecule has 0 atom stereocenters. The van der Waals surface area contributed by atoms with Gasteiger partial charge in [0.2, 0.25) is 0 Å². The number of oxime groups is 1. The van der Waals surface area contributed by atoms with Crippen molar-refractivity contribution in [2.45, 2.75) is 36.2 Å². The second kappa shape index (κ2) is 8.66. The smallest absolute Gasteiger partial charge is 0.270 e. The molecule has 0 radical (unpaired) electrons. The summed E-state index contributed by atoms with van der Waals surface area (Å²) in [7, 11) is 0. The molecule has 0 amide bonds. The van der Waals surface area contributed by atoms with Gasteiger partial charge in [-0.3, -0.25) is 15.1 Å². The van der Waals surface area contributed by atoms with Gasteiger partial charge in [0.25, 0.3) is 5.69 Å². The van der Waals surface area contributed by atoms with Crippen LogP contribution >= 0.6 is 11.8 Å². The Kier molecular flexibility index (Phi) is 6.05. The summed E-state index contributed by atoms with van der Waals surface area (Å²) >= 11 is 1.40. The highest BCUT2D eigenvalue weighted by Gasteiger charge is 2.21. The first-order valence-electron chi connectivity index (χ1n) is 8.58. The highest BCUT2D eigenvalue weighted by Crippen LogP contribution is 2.36. The van der Waals surface area contributed by atoms with Gasteiger partial charge in [0, 0.05) is 29.4 Å². The molecule has 8 nitrogen and oxygen atoms in total. The van der Waals surface area contributed by atoms with Gasteiger partial charge in [-0.05, 0) is 29.7 Å². The van der Waals surface area contributed by atoms with Crippen LogP contribution in [0.1, 0.15) is 36.8 Å². The van der Waals surface area contributed by atoms with E-state index in [-0.39, 0.29) is 11.6 Å². The molecular formula is C19H19N5O3S. The predicted molar refractivity (Wildman–Crippen MR) is 106 cm³/mol. The Morgan fingerprint density at radius 1 is 1.32 bits per heavy atom. The van der Waals surface area contributed by atoms with E-state index in [0.717, 1.165) is 21.2 Å². The molecule has 3 rings (SSSR count). The SMILES string of the molecule is CC(C)c1nc(/C=N/O)n(Cc2ccncc2)c1Sc1cccc([N+](=O)[O-])c1. The zero-order chi connectivity index (χ0) is 20.1. The van der Waals surface area contributed by atoms with Crippen molar-refractivity contribution >= 4 is 23.7 Å². The number of nitro benzene ring substituents is 1.